The van der Waals surface area contributed by atoms with Crippen LogP contribution in [-0.2, 0) is 0 Å². The van der Waals surface area contributed by atoms with Crippen molar-refractivity contribution in [1.82, 2.24) is 14.9 Å². The highest BCUT2D eigenvalue weighted by Gasteiger charge is 2.26. The molecule has 0 saturated carbocycles. The van der Waals surface area contributed by atoms with Crippen molar-refractivity contribution in [3.8, 4) is 11.3 Å². The summed E-state index contributed by atoms with van der Waals surface area (Å²) >= 11 is 0. The van der Waals surface area contributed by atoms with Crippen LogP contribution in [0.2, 0.25) is 0 Å². The molecule has 1 atom stereocenters. The zero-order valence-electron chi connectivity index (χ0n) is 16.0. The largest absolute Gasteiger partial charge is 0.366 e. The number of aromatic nitrogens is 2. The average molecular weight is 386 g/mol. The molecule has 0 radical (unpaired) electrons. The Hall–Kier alpha value is -3.54. The van der Waals surface area contributed by atoms with E-state index in [0.29, 0.717) is 17.7 Å². The van der Waals surface area contributed by atoms with E-state index in [1.54, 1.807) is 42.7 Å². The summed E-state index contributed by atoms with van der Waals surface area (Å²) in [4.78, 5) is 35.0. The van der Waals surface area contributed by atoms with E-state index in [-0.39, 0.29) is 11.8 Å². The second-order valence-corrected chi connectivity index (χ2v) is 7.22. The fourth-order valence-electron chi connectivity index (χ4n) is 3.75. The third kappa shape index (κ3) is 4.16. The van der Waals surface area contributed by atoms with Crippen molar-refractivity contribution in [2.75, 3.05) is 13.1 Å². The molecule has 0 bridgehead atoms. The van der Waals surface area contributed by atoms with E-state index >= 15 is 0 Å². The number of piperidine rings is 1. The number of hydrogen-bond donors (Lipinski definition) is 1. The first kappa shape index (κ1) is 18.8. The van der Waals surface area contributed by atoms with Gasteiger partial charge in [-0.25, -0.2) is 0 Å². The molecule has 0 aliphatic carbocycles. The molecule has 4 rings (SSSR count). The van der Waals surface area contributed by atoms with Gasteiger partial charge in [-0.1, -0.05) is 18.2 Å². The van der Waals surface area contributed by atoms with E-state index in [1.165, 1.54) is 0 Å². The molecule has 1 aliphatic heterocycles. The number of rotatable bonds is 4. The first-order valence-electron chi connectivity index (χ1n) is 9.68. The lowest BCUT2D eigenvalue weighted by Crippen LogP contribution is -2.39. The van der Waals surface area contributed by atoms with Gasteiger partial charge in [0.25, 0.3) is 5.91 Å². The van der Waals surface area contributed by atoms with Crippen molar-refractivity contribution in [3.05, 3.63) is 83.8 Å². The fraction of sp³-hybridized carbons (Fsp3) is 0.217. The molecule has 3 aromatic rings. The number of likely N-dealkylation sites (tertiary alicyclic amines) is 1. The third-order valence-electron chi connectivity index (χ3n) is 5.27. The molecular weight excluding hydrogens is 364 g/mol. The summed E-state index contributed by atoms with van der Waals surface area (Å²) in [6.45, 7) is 1.39. The van der Waals surface area contributed by atoms with Crippen LogP contribution in [0.15, 0.2) is 67.0 Å². The lowest BCUT2D eigenvalue weighted by atomic mass is 9.93. The van der Waals surface area contributed by atoms with Gasteiger partial charge in [-0.3, -0.25) is 19.6 Å². The smallest absolute Gasteiger partial charge is 0.253 e. The summed E-state index contributed by atoms with van der Waals surface area (Å²) in [7, 11) is 0. The molecule has 2 amide bonds. The van der Waals surface area contributed by atoms with E-state index in [9.17, 15) is 9.59 Å². The zero-order valence-corrected chi connectivity index (χ0v) is 16.0. The minimum absolute atomic E-state index is 0.0300. The van der Waals surface area contributed by atoms with Gasteiger partial charge in [-0.05, 0) is 49.2 Å². The number of primary amides is 1. The molecule has 3 heterocycles. The Morgan fingerprint density at radius 1 is 1.00 bits per heavy atom. The van der Waals surface area contributed by atoms with Crippen LogP contribution in [-0.4, -0.2) is 39.8 Å². The van der Waals surface area contributed by atoms with Gasteiger partial charge in [-0.15, -0.1) is 0 Å². The lowest BCUT2D eigenvalue weighted by Gasteiger charge is -2.32. The molecular formula is C23H22N4O2. The molecule has 2 N–H and O–H groups in total. The van der Waals surface area contributed by atoms with Crippen molar-refractivity contribution in [1.29, 1.82) is 0 Å². The van der Waals surface area contributed by atoms with E-state index in [1.807, 2.05) is 29.2 Å². The van der Waals surface area contributed by atoms with Crippen molar-refractivity contribution in [2.24, 2.45) is 5.73 Å². The molecule has 146 valence electrons. The zero-order chi connectivity index (χ0) is 20.2. The molecule has 0 unspecified atom stereocenters. The summed E-state index contributed by atoms with van der Waals surface area (Å²) in [6.07, 6.45) is 5.20. The van der Waals surface area contributed by atoms with Gasteiger partial charge < -0.3 is 10.6 Å². The number of nitrogens with zero attached hydrogens (tertiary/aromatic N) is 3. The quantitative estimate of drug-likeness (QED) is 0.745. The molecule has 1 aromatic carbocycles. The summed E-state index contributed by atoms with van der Waals surface area (Å²) in [6, 6.07) is 16.6. The monoisotopic (exact) mass is 386 g/mol. The van der Waals surface area contributed by atoms with Crippen LogP contribution < -0.4 is 5.73 Å². The highest BCUT2D eigenvalue weighted by molar-refractivity contribution is 5.94. The Bertz CT molecular complexity index is 1040. The van der Waals surface area contributed by atoms with Crippen LogP contribution in [0.1, 0.15) is 45.2 Å². The van der Waals surface area contributed by atoms with Crippen molar-refractivity contribution in [2.45, 2.75) is 18.8 Å². The molecule has 1 aliphatic rings. The second kappa shape index (κ2) is 8.22. The first-order chi connectivity index (χ1) is 14.1. The fourth-order valence-corrected chi connectivity index (χ4v) is 3.75. The number of carbonyl (C=O) groups excluding carboxylic acids is 2. The molecule has 29 heavy (non-hydrogen) atoms. The summed E-state index contributed by atoms with van der Waals surface area (Å²) in [5.74, 6) is -0.253. The summed E-state index contributed by atoms with van der Waals surface area (Å²) in [5, 5.41) is 0. The minimum atomic E-state index is -0.458. The Kier molecular flexibility index (Phi) is 5.33. The topological polar surface area (TPSA) is 89.2 Å². The van der Waals surface area contributed by atoms with Gasteiger partial charge in [0.05, 0.1) is 5.69 Å². The van der Waals surface area contributed by atoms with Crippen LogP contribution in [0.25, 0.3) is 11.3 Å². The van der Waals surface area contributed by atoms with Gasteiger partial charge in [0.15, 0.2) is 0 Å². The average Bonchev–Trinajstić information content (AvgIpc) is 2.79. The van der Waals surface area contributed by atoms with E-state index in [0.717, 1.165) is 36.3 Å². The molecule has 2 aromatic heterocycles. The summed E-state index contributed by atoms with van der Waals surface area (Å²) < 4.78 is 0. The van der Waals surface area contributed by atoms with Gasteiger partial charge in [0.2, 0.25) is 5.91 Å². The highest BCUT2D eigenvalue weighted by atomic mass is 16.2. The maximum Gasteiger partial charge on any atom is 0.253 e. The van der Waals surface area contributed by atoms with Crippen LogP contribution in [0.5, 0.6) is 0 Å². The number of hydrogen-bond acceptors (Lipinski definition) is 4. The van der Waals surface area contributed by atoms with Crippen LogP contribution >= 0.6 is 0 Å². The van der Waals surface area contributed by atoms with Crippen molar-refractivity contribution >= 4 is 11.8 Å². The maximum absolute atomic E-state index is 12.8. The van der Waals surface area contributed by atoms with Gasteiger partial charge in [0.1, 0.15) is 0 Å². The number of amides is 2. The predicted octanol–water partition coefficient (Wildman–Crippen LogP) is 3.26. The first-order valence-corrected chi connectivity index (χ1v) is 9.68. The maximum atomic E-state index is 12.8. The predicted molar refractivity (Wildman–Crippen MR) is 110 cm³/mol. The number of nitrogens with two attached hydrogens (primary N) is 1. The van der Waals surface area contributed by atoms with Gasteiger partial charge >= 0.3 is 0 Å². The van der Waals surface area contributed by atoms with E-state index in [2.05, 4.69) is 4.98 Å². The summed E-state index contributed by atoms with van der Waals surface area (Å²) in [5.41, 5.74) is 9.12. The number of pyridine rings is 2. The minimum Gasteiger partial charge on any atom is -0.366 e. The molecule has 6 nitrogen and oxygen atoms in total. The number of carbonyl (C=O) groups is 2. The lowest BCUT2D eigenvalue weighted by molar-refractivity contribution is 0.0705. The van der Waals surface area contributed by atoms with Crippen LogP contribution in [0, 0.1) is 0 Å². The Morgan fingerprint density at radius 2 is 1.79 bits per heavy atom. The van der Waals surface area contributed by atoms with E-state index in [4.69, 9.17) is 10.7 Å². The van der Waals surface area contributed by atoms with Gasteiger partial charge in [0, 0.05) is 53.8 Å². The molecule has 0 spiro atoms. The molecule has 1 fully saturated rings. The highest BCUT2D eigenvalue weighted by Crippen LogP contribution is 2.28. The Labute approximate surface area is 169 Å². The third-order valence-corrected chi connectivity index (χ3v) is 5.27. The van der Waals surface area contributed by atoms with Crippen molar-refractivity contribution in [3.63, 3.8) is 0 Å². The van der Waals surface area contributed by atoms with Crippen LogP contribution in [0.3, 0.4) is 0 Å². The Balaban J connectivity index is 1.56. The van der Waals surface area contributed by atoms with E-state index < -0.39 is 5.91 Å². The Morgan fingerprint density at radius 3 is 2.59 bits per heavy atom. The second-order valence-electron chi connectivity index (χ2n) is 7.22. The van der Waals surface area contributed by atoms with Crippen LogP contribution in [0.4, 0.5) is 0 Å². The van der Waals surface area contributed by atoms with Crippen molar-refractivity contribution < 1.29 is 9.59 Å². The molecule has 1 saturated heterocycles. The number of benzene rings is 1. The molecule has 6 heteroatoms. The SMILES string of the molecule is NC(=O)c1cccc(-c2cccc([C@@H]3CCCN(C(=O)c4ccncc4)C3)n2)c1. The van der Waals surface area contributed by atoms with Gasteiger partial charge in [-0.2, -0.15) is 0 Å². The standard InChI is InChI=1S/C23H22N4O2/c24-22(28)18-5-1-4-17(14-18)20-7-2-8-21(26-20)19-6-3-13-27(15-19)23(29)16-9-11-25-12-10-16/h1-2,4-5,7-12,14,19H,3,6,13,15H2,(H2,24,28)/t19-/m1/s1. The normalized spacial score (nSPS) is 16.4.